The molecule has 2 aromatic rings. The Morgan fingerprint density at radius 2 is 2.26 bits per heavy atom. The molecule has 0 atom stereocenters. The quantitative estimate of drug-likeness (QED) is 0.899. The standard InChI is InChI=1S/C15H17N5O2S/c1-2-16-15(22)20-8-6-10-12(9-20)23-14(18-10)19-13(21)11-5-3-4-7-17-11/h3-5,7H,2,6,8-9H2,1H3,(H,16,22)(H,18,19,21). The molecule has 8 heteroatoms. The minimum absolute atomic E-state index is 0.0642. The monoisotopic (exact) mass is 331 g/mol. The maximum Gasteiger partial charge on any atom is 0.317 e. The molecule has 23 heavy (non-hydrogen) atoms. The summed E-state index contributed by atoms with van der Waals surface area (Å²) in [6.07, 6.45) is 2.27. The summed E-state index contributed by atoms with van der Waals surface area (Å²) in [5, 5.41) is 6.12. The van der Waals surface area contributed by atoms with E-state index in [1.54, 1.807) is 29.3 Å². The van der Waals surface area contributed by atoms with Crippen LogP contribution in [-0.2, 0) is 13.0 Å². The van der Waals surface area contributed by atoms with Crippen LogP contribution in [0.15, 0.2) is 24.4 Å². The van der Waals surface area contributed by atoms with E-state index in [0.29, 0.717) is 36.9 Å². The van der Waals surface area contributed by atoms with Gasteiger partial charge in [0.25, 0.3) is 5.91 Å². The Morgan fingerprint density at radius 3 is 3.00 bits per heavy atom. The summed E-state index contributed by atoms with van der Waals surface area (Å²) in [5.74, 6) is -0.280. The number of pyridine rings is 1. The number of aromatic nitrogens is 2. The summed E-state index contributed by atoms with van der Waals surface area (Å²) >= 11 is 1.41. The zero-order valence-corrected chi connectivity index (χ0v) is 13.5. The van der Waals surface area contributed by atoms with Crippen molar-refractivity contribution in [2.24, 2.45) is 0 Å². The van der Waals surface area contributed by atoms with Gasteiger partial charge in [0.15, 0.2) is 5.13 Å². The van der Waals surface area contributed by atoms with E-state index in [2.05, 4.69) is 20.6 Å². The molecule has 1 aliphatic heterocycles. The fourth-order valence-electron chi connectivity index (χ4n) is 2.34. The molecule has 0 unspecified atom stereocenters. The lowest BCUT2D eigenvalue weighted by atomic mass is 10.2. The van der Waals surface area contributed by atoms with Crippen LogP contribution in [0.25, 0.3) is 0 Å². The highest BCUT2D eigenvalue weighted by Gasteiger charge is 2.24. The normalized spacial score (nSPS) is 13.3. The molecule has 3 heterocycles. The number of anilines is 1. The molecule has 7 nitrogen and oxygen atoms in total. The molecule has 3 rings (SSSR count). The van der Waals surface area contributed by atoms with Gasteiger partial charge in [-0.1, -0.05) is 17.4 Å². The summed E-state index contributed by atoms with van der Waals surface area (Å²) in [6, 6.07) is 5.11. The predicted octanol–water partition coefficient (Wildman–Crippen LogP) is 1.88. The average molecular weight is 331 g/mol. The first kappa shape index (κ1) is 15.4. The van der Waals surface area contributed by atoms with Gasteiger partial charge in [-0.25, -0.2) is 9.78 Å². The largest absolute Gasteiger partial charge is 0.338 e. The maximum absolute atomic E-state index is 12.1. The molecule has 0 aromatic carbocycles. The molecule has 2 N–H and O–H groups in total. The van der Waals surface area contributed by atoms with E-state index in [4.69, 9.17) is 0 Å². The van der Waals surface area contributed by atoms with Crippen molar-refractivity contribution in [3.05, 3.63) is 40.7 Å². The molecule has 0 bridgehead atoms. The summed E-state index contributed by atoms with van der Waals surface area (Å²) < 4.78 is 0. The van der Waals surface area contributed by atoms with Crippen molar-refractivity contribution in [2.75, 3.05) is 18.4 Å². The van der Waals surface area contributed by atoms with Gasteiger partial charge in [-0.15, -0.1) is 0 Å². The molecule has 0 saturated carbocycles. The topological polar surface area (TPSA) is 87.2 Å². The molecule has 120 valence electrons. The number of nitrogens with zero attached hydrogens (tertiary/aromatic N) is 3. The smallest absolute Gasteiger partial charge is 0.317 e. The molecular formula is C15H17N5O2S. The molecule has 0 spiro atoms. The summed E-state index contributed by atoms with van der Waals surface area (Å²) in [4.78, 5) is 35.2. The van der Waals surface area contributed by atoms with Crippen LogP contribution in [-0.4, -0.2) is 39.9 Å². The number of carbonyl (C=O) groups excluding carboxylic acids is 2. The number of carbonyl (C=O) groups is 2. The molecule has 0 radical (unpaired) electrons. The second-order valence-corrected chi connectivity index (χ2v) is 6.15. The fourth-order valence-corrected chi connectivity index (χ4v) is 3.36. The van der Waals surface area contributed by atoms with Crippen molar-refractivity contribution in [3.8, 4) is 0 Å². The van der Waals surface area contributed by atoms with Crippen LogP contribution in [0.1, 0.15) is 28.0 Å². The zero-order valence-electron chi connectivity index (χ0n) is 12.7. The highest BCUT2D eigenvalue weighted by atomic mass is 32.1. The number of rotatable bonds is 3. The van der Waals surface area contributed by atoms with E-state index in [0.717, 1.165) is 10.6 Å². The Balaban J connectivity index is 1.69. The number of hydrogen-bond acceptors (Lipinski definition) is 5. The number of nitrogens with one attached hydrogen (secondary N) is 2. The van der Waals surface area contributed by atoms with Crippen LogP contribution < -0.4 is 10.6 Å². The van der Waals surface area contributed by atoms with Gasteiger partial charge in [0.2, 0.25) is 0 Å². The number of hydrogen-bond donors (Lipinski definition) is 2. The van der Waals surface area contributed by atoms with E-state index < -0.39 is 0 Å². The average Bonchev–Trinajstić information content (AvgIpc) is 2.97. The lowest BCUT2D eigenvalue weighted by Gasteiger charge is -2.25. The molecule has 3 amide bonds. The van der Waals surface area contributed by atoms with Gasteiger partial charge in [0.1, 0.15) is 5.69 Å². The Hall–Kier alpha value is -2.48. The van der Waals surface area contributed by atoms with Crippen LogP contribution in [0, 0.1) is 0 Å². The van der Waals surface area contributed by atoms with Crippen molar-refractivity contribution >= 4 is 28.4 Å². The first-order chi connectivity index (χ1) is 11.2. The van der Waals surface area contributed by atoms with Crippen LogP contribution in [0.4, 0.5) is 9.93 Å². The van der Waals surface area contributed by atoms with Gasteiger partial charge in [-0.05, 0) is 19.1 Å². The summed E-state index contributed by atoms with van der Waals surface area (Å²) in [6.45, 7) is 3.66. The summed E-state index contributed by atoms with van der Waals surface area (Å²) in [7, 11) is 0. The van der Waals surface area contributed by atoms with Gasteiger partial charge in [-0.2, -0.15) is 0 Å². The molecule has 0 saturated heterocycles. The predicted molar refractivity (Wildman–Crippen MR) is 87.5 cm³/mol. The number of amides is 3. The van der Waals surface area contributed by atoms with Gasteiger partial charge in [0.05, 0.1) is 12.2 Å². The third kappa shape index (κ3) is 3.48. The van der Waals surface area contributed by atoms with Crippen molar-refractivity contribution in [3.63, 3.8) is 0 Å². The molecular weight excluding hydrogens is 314 g/mol. The lowest BCUT2D eigenvalue weighted by Crippen LogP contribution is -2.42. The third-order valence-electron chi connectivity index (χ3n) is 3.46. The SMILES string of the molecule is CCNC(=O)N1CCc2nc(NC(=O)c3ccccn3)sc2C1. The van der Waals surface area contributed by atoms with E-state index in [-0.39, 0.29) is 11.9 Å². The third-order valence-corrected chi connectivity index (χ3v) is 4.46. The second kappa shape index (κ2) is 6.74. The zero-order chi connectivity index (χ0) is 16.2. The van der Waals surface area contributed by atoms with E-state index in [1.165, 1.54) is 11.3 Å². The summed E-state index contributed by atoms with van der Waals surface area (Å²) in [5.41, 5.74) is 1.30. The van der Waals surface area contributed by atoms with E-state index in [9.17, 15) is 9.59 Å². The Kier molecular flexibility index (Phi) is 4.52. The molecule has 1 aliphatic rings. The minimum atomic E-state index is -0.280. The first-order valence-corrected chi connectivity index (χ1v) is 8.22. The Labute approximate surface area is 137 Å². The Morgan fingerprint density at radius 1 is 1.39 bits per heavy atom. The van der Waals surface area contributed by atoms with Crippen LogP contribution in [0.2, 0.25) is 0 Å². The van der Waals surface area contributed by atoms with Gasteiger partial charge in [0, 0.05) is 30.6 Å². The van der Waals surface area contributed by atoms with Gasteiger partial charge < -0.3 is 10.2 Å². The molecule has 0 aliphatic carbocycles. The number of thiazole rings is 1. The second-order valence-electron chi connectivity index (χ2n) is 5.07. The van der Waals surface area contributed by atoms with Gasteiger partial charge in [-0.3, -0.25) is 15.1 Å². The fraction of sp³-hybridized carbons (Fsp3) is 0.333. The van der Waals surface area contributed by atoms with Crippen LogP contribution >= 0.6 is 11.3 Å². The van der Waals surface area contributed by atoms with E-state index in [1.807, 2.05) is 6.92 Å². The van der Waals surface area contributed by atoms with E-state index >= 15 is 0 Å². The molecule has 0 fully saturated rings. The number of urea groups is 1. The minimum Gasteiger partial charge on any atom is -0.338 e. The lowest BCUT2D eigenvalue weighted by molar-refractivity contribution is 0.102. The van der Waals surface area contributed by atoms with Crippen LogP contribution in [0.3, 0.4) is 0 Å². The van der Waals surface area contributed by atoms with Crippen molar-refractivity contribution in [2.45, 2.75) is 19.9 Å². The highest BCUT2D eigenvalue weighted by Crippen LogP contribution is 2.28. The molecule has 2 aromatic heterocycles. The van der Waals surface area contributed by atoms with Crippen molar-refractivity contribution < 1.29 is 9.59 Å². The van der Waals surface area contributed by atoms with Gasteiger partial charge >= 0.3 is 6.03 Å². The first-order valence-electron chi connectivity index (χ1n) is 7.41. The van der Waals surface area contributed by atoms with Crippen molar-refractivity contribution in [1.82, 2.24) is 20.2 Å². The Bertz CT molecular complexity index is 716. The highest BCUT2D eigenvalue weighted by molar-refractivity contribution is 7.15. The number of fused-ring (bicyclic) bond motifs is 1. The van der Waals surface area contributed by atoms with Crippen molar-refractivity contribution in [1.29, 1.82) is 0 Å². The maximum atomic E-state index is 12.1. The van der Waals surface area contributed by atoms with Crippen LogP contribution in [0.5, 0.6) is 0 Å².